The molecule has 1 aliphatic rings. The molecular formula is C14H24N2O. The number of carbonyl (C=O) groups is 1. The van der Waals surface area contributed by atoms with Crippen LogP contribution in [0.4, 0.5) is 0 Å². The lowest BCUT2D eigenvalue weighted by atomic mass is 10.1. The first-order valence-electron chi connectivity index (χ1n) is 6.69. The first-order chi connectivity index (χ1) is 8.27. The summed E-state index contributed by atoms with van der Waals surface area (Å²) in [4.78, 5) is 13.8. The highest BCUT2D eigenvalue weighted by atomic mass is 16.2. The minimum atomic E-state index is 0.225. The van der Waals surface area contributed by atoms with Crippen molar-refractivity contribution in [1.82, 2.24) is 4.90 Å². The molecule has 1 saturated carbocycles. The average molecular weight is 236 g/mol. The van der Waals surface area contributed by atoms with E-state index in [0.717, 1.165) is 38.8 Å². The highest BCUT2D eigenvalue weighted by molar-refractivity contribution is 5.76. The largest absolute Gasteiger partial charge is 0.331 e. The van der Waals surface area contributed by atoms with Crippen molar-refractivity contribution in [2.24, 2.45) is 11.7 Å². The van der Waals surface area contributed by atoms with Crippen LogP contribution >= 0.6 is 0 Å². The van der Waals surface area contributed by atoms with Crippen LogP contribution in [0.1, 0.15) is 44.9 Å². The van der Waals surface area contributed by atoms with Crippen molar-refractivity contribution in [3.8, 4) is 12.3 Å². The standard InChI is InChI=1S/C14H24N2O/c1-2-11-16(12-13-8-9-13)14(17)7-5-3-4-6-10-15/h1,13H,3-12,15H2. The van der Waals surface area contributed by atoms with Gasteiger partial charge in [0.25, 0.3) is 0 Å². The molecule has 1 rings (SSSR count). The molecule has 0 spiro atoms. The Morgan fingerprint density at radius 2 is 2.00 bits per heavy atom. The monoisotopic (exact) mass is 236 g/mol. The van der Waals surface area contributed by atoms with Gasteiger partial charge in [-0.15, -0.1) is 6.42 Å². The molecule has 3 nitrogen and oxygen atoms in total. The van der Waals surface area contributed by atoms with E-state index in [1.807, 2.05) is 4.90 Å². The van der Waals surface area contributed by atoms with E-state index in [4.69, 9.17) is 12.2 Å². The van der Waals surface area contributed by atoms with E-state index in [1.54, 1.807) is 0 Å². The lowest BCUT2D eigenvalue weighted by molar-refractivity contribution is -0.130. The molecule has 0 bridgehead atoms. The van der Waals surface area contributed by atoms with Gasteiger partial charge in [0.1, 0.15) is 0 Å². The third-order valence-corrected chi connectivity index (χ3v) is 3.16. The molecule has 3 heteroatoms. The second-order valence-electron chi connectivity index (χ2n) is 4.87. The normalized spacial score (nSPS) is 14.4. The number of hydrogen-bond donors (Lipinski definition) is 1. The molecule has 0 aliphatic heterocycles. The second kappa shape index (κ2) is 8.14. The Labute approximate surface area is 105 Å². The molecule has 0 heterocycles. The third-order valence-electron chi connectivity index (χ3n) is 3.16. The predicted molar refractivity (Wildman–Crippen MR) is 70.3 cm³/mol. The summed E-state index contributed by atoms with van der Waals surface area (Å²) in [7, 11) is 0. The van der Waals surface area contributed by atoms with Crippen LogP contribution in [0.2, 0.25) is 0 Å². The van der Waals surface area contributed by atoms with Crippen LogP contribution in [-0.4, -0.2) is 30.4 Å². The molecule has 0 saturated heterocycles. The van der Waals surface area contributed by atoms with Gasteiger partial charge in [0.2, 0.25) is 5.91 Å². The maximum Gasteiger partial charge on any atom is 0.223 e. The molecule has 96 valence electrons. The Balaban J connectivity index is 2.15. The SMILES string of the molecule is C#CCN(CC1CC1)C(=O)CCCCCCN. The molecule has 2 N–H and O–H groups in total. The van der Waals surface area contributed by atoms with Gasteiger partial charge >= 0.3 is 0 Å². The zero-order valence-electron chi connectivity index (χ0n) is 10.7. The molecule has 1 fully saturated rings. The molecular weight excluding hydrogens is 212 g/mol. The summed E-state index contributed by atoms with van der Waals surface area (Å²) in [6.45, 7) is 2.09. The predicted octanol–water partition coefficient (Wildman–Crippen LogP) is 1.77. The quantitative estimate of drug-likeness (QED) is 0.490. The molecule has 1 aliphatic carbocycles. The Morgan fingerprint density at radius 1 is 1.29 bits per heavy atom. The number of carbonyl (C=O) groups excluding carboxylic acids is 1. The van der Waals surface area contributed by atoms with E-state index in [1.165, 1.54) is 12.8 Å². The zero-order chi connectivity index (χ0) is 12.5. The van der Waals surface area contributed by atoms with Gasteiger partial charge in [-0.3, -0.25) is 4.79 Å². The van der Waals surface area contributed by atoms with Gasteiger partial charge in [-0.1, -0.05) is 18.8 Å². The Kier molecular flexibility index (Phi) is 6.73. The van der Waals surface area contributed by atoms with Crippen LogP contribution in [0.3, 0.4) is 0 Å². The number of rotatable bonds is 9. The van der Waals surface area contributed by atoms with Crippen LogP contribution in [0, 0.1) is 18.3 Å². The van der Waals surface area contributed by atoms with Crippen molar-refractivity contribution >= 4 is 5.91 Å². The summed E-state index contributed by atoms with van der Waals surface area (Å²) < 4.78 is 0. The maximum atomic E-state index is 11.9. The van der Waals surface area contributed by atoms with Gasteiger partial charge in [0.15, 0.2) is 0 Å². The van der Waals surface area contributed by atoms with Gasteiger partial charge < -0.3 is 10.6 Å². The van der Waals surface area contributed by atoms with Crippen LogP contribution in [-0.2, 0) is 4.79 Å². The fourth-order valence-corrected chi connectivity index (χ4v) is 1.91. The minimum Gasteiger partial charge on any atom is -0.331 e. The van der Waals surface area contributed by atoms with Crippen molar-refractivity contribution in [2.75, 3.05) is 19.6 Å². The first-order valence-corrected chi connectivity index (χ1v) is 6.69. The summed E-state index contributed by atoms with van der Waals surface area (Å²) in [5.41, 5.74) is 5.42. The molecule has 0 atom stereocenters. The Morgan fingerprint density at radius 3 is 2.59 bits per heavy atom. The minimum absolute atomic E-state index is 0.225. The molecule has 0 unspecified atom stereocenters. The van der Waals surface area contributed by atoms with Gasteiger partial charge in [0.05, 0.1) is 6.54 Å². The van der Waals surface area contributed by atoms with Crippen LogP contribution in [0.15, 0.2) is 0 Å². The maximum absolute atomic E-state index is 11.9. The van der Waals surface area contributed by atoms with Gasteiger partial charge in [-0.25, -0.2) is 0 Å². The first kappa shape index (κ1) is 14.1. The number of terminal acetylenes is 1. The topological polar surface area (TPSA) is 46.3 Å². The lowest BCUT2D eigenvalue weighted by Gasteiger charge is -2.20. The van der Waals surface area contributed by atoms with E-state index < -0.39 is 0 Å². The van der Waals surface area contributed by atoms with E-state index >= 15 is 0 Å². The number of hydrogen-bond acceptors (Lipinski definition) is 2. The van der Waals surface area contributed by atoms with E-state index in [9.17, 15) is 4.79 Å². The van der Waals surface area contributed by atoms with Crippen molar-refractivity contribution in [3.05, 3.63) is 0 Å². The lowest BCUT2D eigenvalue weighted by Crippen LogP contribution is -2.33. The van der Waals surface area contributed by atoms with E-state index in [0.29, 0.717) is 18.9 Å². The number of nitrogens with two attached hydrogens (primary N) is 1. The van der Waals surface area contributed by atoms with Gasteiger partial charge in [-0.2, -0.15) is 0 Å². The fraction of sp³-hybridized carbons (Fsp3) is 0.786. The summed E-state index contributed by atoms with van der Waals surface area (Å²) >= 11 is 0. The van der Waals surface area contributed by atoms with Crippen molar-refractivity contribution < 1.29 is 4.79 Å². The van der Waals surface area contributed by atoms with Crippen LogP contribution in [0.5, 0.6) is 0 Å². The van der Waals surface area contributed by atoms with Crippen molar-refractivity contribution in [1.29, 1.82) is 0 Å². The molecule has 1 amide bonds. The van der Waals surface area contributed by atoms with Gasteiger partial charge in [-0.05, 0) is 38.1 Å². The number of amides is 1. The van der Waals surface area contributed by atoms with E-state index in [2.05, 4.69) is 5.92 Å². The summed E-state index contributed by atoms with van der Waals surface area (Å²) in [5, 5.41) is 0. The second-order valence-corrected chi connectivity index (χ2v) is 4.87. The molecule has 0 aromatic carbocycles. The van der Waals surface area contributed by atoms with Crippen molar-refractivity contribution in [2.45, 2.75) is 44.9 Å². The zero-order valence-corrected chi connectivity index (χ0v) is 10.7. The molecule has 0 radical (unpaired) electrons. The highest BCUT2D eigenvalue weighted by Gasteiger charge is 2.25. The number of unbranched alkanes of at least 4 members (excludes halogenated alkanes) is 3. The molecule has 0 aromatic rings. The average Bonchev–Trinajstić information content (AvgIpc) is 3.12. The molecule has 0 aromatic heterocycles. The smallest absolute Gasteiger partial charge is 0.223 e. The van der Waals surface area contributed by atoms with Gasteiger partial charge in [0, 0.05) is 13.0 Å². The Bertz CT molecular complexity index is 266. The van der Waals surface area contributed by atoms with E-state index in [-0.39, 0.29) is 5.91 Å². The van der Waals surface area contributed by atoms with Crippen LogP contribution in [0.25, 0.3) is 0 Å². The Hall–Kier alpha value is -1.01. The summed E-state index contributed by atoms with van der Waals surface area (Å²) in [6.07, 6.45) is 12.7. The number of nitrogens with zero attached hydrogens (tertiary/aromatic N) is 1. The summed E-state index contributed by atoms with van der Waals surface area (Å²) in [6, 6.07) is 0. The molecule has 17 heavy (non-hydrogen) atoms. The summed E-state index contributed by atoms with van der Waals surface area (Å²) in [5.74, 6) is 3.52. The van der Waals surface area contributed by atoms with Crippen LogP contribution < -0.4 is 5.73 Å². The highest BCUT2D eigenvalue weighted by Crippen LogP contribution is 2.29. The third kappa shape index (κ3) is 6.33. The van der Waals surface area contributed by atoms with Crippen molar-refractivity contribution in [3.63, 3.8) is 0 Å². The fourth-order valence-electron chi connectivity index (χ4n) is 1.91.